The number of carbonyl (C=O) groups is 2. The van der Waals surface area contributed by atoms with E-state index in [9.17, 15) is 9.59 Å². The van der Waals surface area contributed by atoms with Gasteiger partial charge < -0.3 is 10.1 Å². The lowest BCUT2D eigenvalue weighted by Crippen LogP contribution is -2.47. The Morgan fingerprint density at radius 3 is 2.50 bits per heavy atom. The number of hydrogen-bond donors (Lipinski definition) is 1. The summed E-state index contributed by atoms with van der Waals surface area (Å²) in [6.45, 7) is 2.03. The fourth-order valence-corrected chi connectivity index (χ4v) is 6.50. The number of carbonyl (C=O) groups excluding carboxylic acids is 2. The Balaban J connectivity index is 1.40. The molecule has 6 nitrogen and oxygen atoms in total. The maximum absolute atomic E-state index is 13.1. The van der Waals surface area contributed by atoms with Crippen LogP contribution in [-0.2, 0) is 9.53 Å². The van der Waals surface area contributed by atoms with Crippen molar-refractivity contribution in [1.82, 2.24) is 9.61 Å². The minimum Gasteiger partial charge on any atom is -0.461 e. The van der Waals surface area contributed by atoms with Crippen LogP contribution in [-0.4, -0.2) is 28.1 Å². The number of pyridine rings is 1. The molecule has 28 heavy (non-hydrogen) atoms. The molecule has 0 radical (unpaired) electrons. The van der Waals surface area contributed by atoms with Crippen LogP contribution in [0.15, 0.2) is 24.4 Å². The van der Waals surface area contributed by atoms with E-state index in [-0.39, 0.29) is 23.6 Å². The van der Waals surface area contributed by atoms with Gasteiger partial charge in [0, 0.05) is 12.6 Å². The van der Waals surface area contributed by atoms with Gasteiger partial charge in [-0.15, -0.1) is 0 Å². The number of fused-ring (bicyclic) bond motifs is 1. The van der Waals surface area contributed by atoms with Gasteiger partial charge >= 0.3 is 5.97 Å². The van der Waals surface area contributed by atoms with Crippen LogP contribution in [0.1, 0.15) is 62.4 Å². The van der Waals surface area contributed by atoms with Crippen molar-refractivity contribution in [2.75, 3.05) is 11.9 Å². The number of nitrogens with one attached hydrogen (secondary N) is 1. The summed E-state index contributed by atoms with van der Waals surface area (Å²) in [6, 6.07) is 5.58. The lowest BCUT2D eigenvalue weighted by atomic mass is 9.49. The summed E-state index contributed by atoms with van der Waals surface area (Å²) in [5, 5.41) is 7.36. The van der Waals surface area contributed by atoms with Crippen LogP contribution in [0.4, 0.5) is 5.69 Å². The summed E-state index contributed by atoms with van der Waals surface area (Å²) in [6.07, 6.45) is 9.96. The van der Waals surface area contributed by atoms with Crippen LogP contribution in [0, 0.1) is 23.2 Å². The number of amides is 1. The lowest BCUT2D eigenvalue weighted by molar-refractivity contribution is -0.124. The summed E-state index contributed by atoms with van der Waals surface area (Å²) < 4.78 is 6.77. The van der Waals surface area contributed by atoms with Gasteiger partial charge in [0.05, 0.1) is 12.1 Å². The molecule has 0 saturated heterocycles. The zero-order valence-corrected chi connectivity index (χ0v) is 16.3. The van der Waals surface area contributed by atoms with Crippen LogP contribution in [0.25, 0.3) is 5.52 Å². The van der Waals surface area contributed by atoms with E-state index in [0.717, 1.165) is 17.8 Å². The number of anilines is 1. The van der Waals surface area contributed by atoms with Crippen LogP contribution in [0.2, 0.25) is 0 Å². The van der Waals surface area contributed by atoms with Crippen LogP contribution >= 0.6 is 0 Å². The van der Waals surface area contributed by atoms with Crippen molar-refractivity contribution >= 4 is 23.1 Å². The van der Waals surface area contributed by atoms with Crippen molar-refractivity contribution in [3.8, 4) is 0 Å². The van der Waals surface area contributed by atoms with E-state index in [1.165, 1.54) is 38.5 Å². The molecule has 4 saturated carbocycles. The van der Waals surface area contributed by atoms with Crippen molar-refractivity contribution in [2.24, 2.45) is 23.2 Å². The first-order valence-corrected chi connectivity index (χ1v) is 10.5. The maximum atomic E-state index is 13.1. The highest BCUT2D eigenvalue weighted by Gasteiger charge is 2.51. The van der Waals surface area contributed by atoms with E-state index in [0.29, 0.717) is 17.6 Å². The zero-order valence-electron chi connectivity index (χ0n) is 16.3. The molecule has 2 aromatic heterocycles. The Hall–Kier alpha value is -2.37. The highest BCUT2D eigenvalue weighted by Crippen LogP contribution is 2.61. The maximum Gasteiger partial charge on any atom is 0.361 e. The van der Waals surface area contributed by atoms with Crippen LogP contribution in [0.5, 0.6) is 0 Å². The third-order valence-corrected chi connectivity index (χ3v) is 6.97. The second-order valence-corrected chi connectivity index (χ2v) is 9.12. The first-order valence-electron chi connectivity index (χ1n) is 10.5. The normalized spacial score (nSPS) is 30.5. The van der Waals surface area contributed by atoms with E-state index < -0.39 is 5.97 Å². The van der Waals surface area contributed by atoms with E-state index in [4.69, 9.17) is 4.74 Å². The summed E-state index contributed by atoms with van der Waals surface area (Å²) in [5.74, 6) is 1.92. The Kier molecular flexibility index (Phi) is 4.18. The number of aromatic nitrogens is 2. The van der Waals surface area contributed by atoms with Gasteiger partial charge in [0.25, 0.3) is 0 Å². The fourth-order valence-electron chi connectivity index (χ4n) is 6.50. The molecule has 4 aliphatic rings. The van der Waals surface area contributed by atoms with Crippen molar-refractivity contribution in [1.29, 1.82) is 0 Å². The highest BCUT2D eigenvalue weighted by atomic mass is 16.5. The molecular formula is C22H27N3O3. The summed E-state index contributed by atoms with van der Waals surface area (Å²) >= 11 is 0. The lowest BCUT2D eigenvalue weighted by Gasteiger charge is -2.56. The standard InChI is InChI=1S/C22H27N3O3/c1-2-28-21(27)20-19(17-5-3-4-6-25(17)24-20)23-18(26)13-22-10-14-7-15(11-22)9-16(8-14)12-22/h3-6,14-16H,2,7-13H2,1H3,(H,23,26). The number of nitrogens with zero attached hydrogens (tertiary/aromatic N) is 2. The second kappa shape index (κ2) is 6.61. The summed E-state index contributed by atoms with van der Waals surface area (Å²) in [4.78, 5) is 25.4. The van der Waals surface area contributed by atoms with Gasteiger partial charge in [-0.05, 0) is 80.8 Å². The van der Waals surface area contributed by atoms with Crippen molar-refractivity contribution < 1.29 is 14.3 Å². The van der Waals surface area contributed by atoms with E-state index >= 15 is 0 Å². The minimum absolute atomic E-state index is 0.00810. The molecule has 0 aliphatic heterocycles. The first kappa shape index (κ1) is 17.7. The highest BCUT2D eigenvalue weighted by molar-refractivity contribution is 6.05. The van der Waals surface area contributed by atoms with Gasteiger partial charge in [-0.3, -0.25) is 4.79 Å². The van der Waals surface area contributed by atoms with Crippen LogP contribution < -0.4 is 5.32 Å². The number of hydrogen-bond acceptors (Lipinski definition) is 4. The Morgan fingerprint density at radius 2 is 1.86 bits per heavy atom. The molecule has 0 unspecified atom stereocenters. The van der Waals surface area contributed by atoms with E-state index in [1.54, 1.807) is 17.6 Å². The average Bonchev–Trinajstić information content (AvgIpc) is 2.99. The topological polar surface area (TPSA) is 72.7 Å². The molecule has 4 aliphatic carbocycles. The molecular weight excluding hydrogens is 354 g/mol. The van der Waals surface area contributed by atoms with Crippen molar-refractivity contribution in [3.05, 3.63) is 30.1 Å². The zero-order chi connectivity index (χ0) is 19.3. The number of rotatable bonds is 5. The molecule has 4 bridgehead atoms. The summed E-state index contributed by atoms with van der Waals surface area (Å²) in [5.41, 5.74) is 1.51. The quantitative estimate of drug-likeness (QED) is 0.793. The predicted octanol–water partition coefficient (Wildman–Crippen LogP) is 4.06. The molecule has 6 heteroatoms. The van der Waals surface area contributed by atoms with Gasteiger partial charge in [-0.2, -0.15) is 5.10 Å². The first-order chi connectivity index (χ1) is 13.5. The molecule has 0 spiro atoms. The average molecular weight is 381 g/mol. The Bertz CT molecular complexity index is 897. The van der Waals surface area contributed by atoms with Crippen molar-refractivity contribution in [3.63, 3.8) is 0 Å². The predicted molar refractivity (Wildman–Crippen MR) is 105 cm³/mol. The molecule has 0 atom stereocenters. The molecule has 2 aromatic rings. The SMILES string of the molecule is CCOC(=O)c1nn2ccccc2c1NC(=O)CC12CC3CC(CC(C3)C1)C2. The second-order valence-electron chi connectivity index (χ2n) is 9.12. The van der Waals surface area contributed by atoms with E-state index in [2.05, 4.69) is 10.4 Å². The van der Waals surface area contributed by atoms with Gasteiger partial charge in [0.15, 0.2) is 5.69 Å². The molecule has 1 amide bonds. The molecule has 148 valence electrons. The molecule has 2 heterocycles. The number of esters is 1. The number of ether oxygens (including phenoxy) is 1. The Labute approximate surface area is 164 Å². The largest absolute Gasteiger partial charge is 0.461 e. The Morgan fingerprint density at radius 1 is 1.18 bits per heavy atom. The fraction of sp³-hybridized carbons (Fsp3) is 0.591. The third kappa shape index (κ3) is 2.99. The molecule has 1 N–H and O–H groups in total. The van der Waals surface area contributed by atoms with Gasteiger partial charge in [-0.1, -0.05) is 6.07 Å². The van der Waals surface area contributed by atoms with Crippen molar-refractivity contribution in [2.45, 2.75) is 51.9 Å². The molecule has 6 rings (SSSR count). The minimum atomic E-state index is -0.503. The van der Waals surface area contributed by atoms with Gasteiger partial charge in [-0.25, -0.2) is 9.31 Å². The smallest absolute Gasteiger partial charge is 0.361 e. The molecule has 4 fully saturated rings. The van der Waals surface area contributed by atoms with Crippen LogP contribution in [0.3, 0.4) is 0 Å². The summed E-state index contributed by atoms with van der Waals surface area (Å²) in [7, 11) is 0. The van der Waals surface area contributed by atoms with Gasteiger partial charge in [0.1, 0.15) is 5.69 Å². The van der Waals surface area contributed by atoms with E-state index in [1.807, 2.05) is 18.2 Å². The molecule has 0 aromatic carbocycles. The van der Waals surface area contributed by atoms with Gasteiger partial charge in [0.2, 0.25) is 5.91 Å². The third-order valence-electron chi connectivity index (χ3n) is 6.97. The monoisotopic (exact) mass is 381 g/mol.